The van der Waals surface area contributed by atoms with E-state index in [0.29, 0.717) is 29.7 Å². The van der Waals surface area contributed by atoms with E-state index < -0.39 is 11.6 Å². The molecular formula is C29H29F2N3O2. The number of nitrogens with zero attached hydrogens (tertiary/aromatic N) is 2. The van der Waals surface area contributed by atoms with Gasteiger partial charge in [0.1, 0.15) is 17.4 Å². The van der Waals surface area contributed by atoms with Gasteiger partial charge in [0.05, 0.1) is 22.5 Å². The van der Waals surface area contributed by atoms with Gasteiger partial charge >= 0.3 is 0 Å². The van der Waals surface area contributed by atoms with Crippen LogP contribution in [0, 0.1) is 18.6 Å². The van der Waals surface area contributed by atoms with Gasteiger partial charge in [-0.05, 0) is 48.2 Å². The second-order valence-electron chi connectivity index (χ2n) is 9.59. The van der Waals surface area contributed by atoms with Crippen molar-refractivity contribution >= 4 is 16.6 Å². The molecule has 0 amide bonds. The number of nitrogens with one attached hydrogen (secondary N) is 1. The fourth-order valence-electron chi connectivity index (χ4n) is 5.15. The van der Waals surface area contributed by atoms with Crippen molar-refractivity contribution in [1.82, 2.24) is 9.88 Å². The lowest BCUT2D eigenvalue weighted by molar-refractivity contribution is 0.471. The Labute approximate surface area is 208 Å². The minimum atomic E-state index is -0.737. The maximum Gasteiger partial charge on any atom is 0.257 e. The van der Waals surface area contributed by atoms with Crippen molar-refractivity contribution in [2.45, 2.75) is 26.7 Å². The highest BCUT2D eigenvalue weighted by Crippen LogP contribution is 2.39. The molecular weight excluding hydrogens is 460 g/mol. The number of piperazine rings is 1. The third-order valence-electron chi connectivity index (χ3n) is 6.92. The number of phenols is 1. The minimum absolute atomic E-state index is 0.0941. The molecule has 1 fully saturated rings. The highest BCUT2D eigenvalue weighted by molar-refractivity contribution is 5.96. The highest BCUT2D eigenvalue weighted by atomic mass is 19.1. The molecule has 2 N–H and O–H groups in total. The quantitative estimate of drug-likeness (QED) is 0.399. The predicted octanol–water partition coefficient (Wildman–Crippen LogP) is 5.48. The van der Waals surface area contributed by atoms with Crippen molar-refractivity contribution in [3.05, 3.63) is 87.7 Å². The summed E-state index contributed by atoms with van der Waals surface area (Å²) in [6.07, 6.45) is 0. The second kappa shape index (κ2) is 9.39. The summed E-state index contributed by atoms with van der Waals surface area (Å²) in [4.78, 5) is 15.9. The Bertz CT molecular complexity index is 1500. The van der Waals surface area contributed by atoms with Crippen molar-refractivity contribution in [3.8, 4) is 22.6 Å². The van der Waals surface area contributed by atoms with Crippen LogP contribution in [0.2, 0.25) is 0 Å². The first-order valence-corrected chi connectivity index (χ1v) is 12.2. The van der Waals surface area contributed by atoms with E-state index in [1.807, 2.05) is 25.1 Å². The maximum atomic E-state index is 15.6. The Kier molecular flexibility index (Phi) is 6.26. The van der Waals surface area contributed by atoms with Crippen LogP contribution in [0.5, 0.6) is 5.75 Å². The Balaban J connectivity index is 1.91. The molecule has 2 heterocycles. The first-order valence-electron chi connectivity index (χ1n) is 12.2. The van der Waals surface area contributed by atoms with Crippen LogP contribution in [0.1, 0.15) is 30.9 Å². The Morgan fingerprint density at radius 3 is 2.39 bits per heavy atom. The molecule has 4 aromatic rings. The standard InChI is InChI=1S/C29H29F2N3O2/c1-17(2)19-7-4-6-18(3)29(19)34-25-15-20(28-22(30)8-5-9-26(28)35)23(31)14-21(25)24(16-27(34)36)33-12-10-32-11-13-33/h4-9,14-17,32,35H,10-13H2,1-3H3. The number of para-hydroxylation sites is 1. The molecule has 36 heavy (non-hydrogen) atoms. The smallest absolute Gasteiger partial charge is 0.257 e. The van der Waals surface area contributed by atoms with Crippen LogP contribution in [0.3, 0.4) is 0 Å². The van der Waals surface area contributed by atoms with Crippen LogP contribution in [0.15, 0.2) is 59.4 Å². The van der Waals surface area contributed by atoms with Crippen molar-refractivity contribution in [3.63, 3.8) is 0 Å². The zero-order chi connectivity index (χ0) is 25.6. The van der Waals surface area contributed by atoms with Crippen LogP contribution in [0.25, 0.3) is 27.7 Å². The number of anilines is 1. The SMILES string of the molecule is Cc1cccc(C(C)C)c1-n1c(=O)cc(N2CCNCC2)c2cc(F)c(-c3c(O)cccc3F)cc21. The molecule has 1 aromatic heterocycles. The number of rotatable bonds is 4. The highest BCUT2D eigenvalue weighted by Gasteiger charge is 2.23. The molecule has 1 saturated heterocycles. The normalized spacial score (nSPS) is 14.1. The Morgan fingerprint density at radius 1 is 0.972 bits per heavy atom. The average molecular weight is 490 g/mol. The topological polar surface area (TPSA) is 57.5 Å². The van der Waals surface area contributed by atoms with E-state index in [0.717, 1.165) is 29.9 Å². The van der Waals surface area contributed by atoms with Crippen LogP contribution in [0.4, 0.5) is 14.5 Å². The Hall–Kier alpha value is -3.71. The molecule has 5 nitrogen and oxygen atoms in total. The van der Waals surface area contributed by atoms with Crippen LogP contribution in [-0.4, -0.2) is 35.9 Å². The van der Waals surface area contributed by atoms with E-state index in [9.17, 15) is 14.3 Å². The van der Waals surface area contributed by atoms with Gasteiger partial charge in [-0.25, -0.2) is 8.78 Å². The lowest BCUT2D eigenvalue weighted by Gasteiger charge is -2.31. The summed E-state index contributed by atoms with van der Waals surface area (Å²) in [7, 11) is 0. The number of benzene rings is 3. The summed E-state index contributed by atoms with van der Waals surface area (Å²) in [6.45, 7) is 8.92. The molecule has 0 spiro atoms. The fraction of sp³-hybridized carbons (Fsp3) is 0.276. The maximum absolute atomic E-state index is 15.6. The van der Waals surface area contributed by atoms with Crippen LogP contribution in [-0.2, 0) is 0 Å². The molecule has 0 atom stereocenters. The molecule has 0 unspecified atom stereocenters. The van der Waals surface area contributed by atoms with Gasteiger partial charge < -0.3 is 15.3 Å². The number of hydrogen-bond donors (Lipinski definition) is 2. The van der Waals surface area contributed by atoms with Gasteiger partial charge in [-0.2, -0.15) is 0 Å². The fourth-order valence-corrected chi connectivity index (χ4v) is 5.15. The monoisotopic (exact) mass is 489 g/mol. The van der Waals surface area contributed by atoms with Crippen molar-refractivity contribution in [1.29, 1.82) is 0 Å². The first kappa shape index (κ1) is 24.0. The van der Waals surface area contributed by atoms with Crippen molar-refractivity contribution in [2.24, 2.45) is 0 Å². The number of aryl methyl sites for hydroxylation is 1. The summed E-state index contributed by atoms with van der Waals surface area (Å²) in [5, 5.41) is 14.3. The summed E-state index contributed by atoms with van der Waals surface area (Å²) in [6, 6.07) is 14.2. The van der Waals surface area contributed by atoms with E-state index in [4.69, 9.17) is 0 Å². The summed E-state index contributed by atoms with van der Waals surface area (Å²) >= 11 is 0. The molecule has 0 saturated carbocycles. The van der Waals surface area contributed by atoms with Gasteiger partial charge in [0, 0.05) is 43.2 Å². The molecule has 3 aromatic carbocycles. The molecule has 186 valence electrons. The molecule has 0 aliphatic carbocycles. The molecule has 1 aliphatic rings. The van der Waals surface area contributed by atoms with Crippen LogP contribution >= 0.6 is 0 Å². The summed E-state index contributed by atoms with van der Waals surface area (Å²) in [5.41, 5.74) is 3.17. The number of pyridine rings is 1. The first-order chi connectivity index (χ1) is 17.3. The van der Waals surface area contributed by atoms with E-state index in [1.54, 1.807) is 10.6 Å². The molecule has 7 heteroatoms. The second-order valence-corrected chi connectivity index (χ2v) is 9.59. The molecule has 1 aliphatic heterocycles. The van der Waals surface area contributed by atoms with E-state index in [1.165, 1.54) is 30.3 Å². The van der Waals surface area contributed by atoms with Crippen molar-refractivity contribution in [2.75, 3.05) is 31.1 Å². The zero-order valence-electron chi connectivity index (χ0n) is 20.6. The van der Waals surface area contributed by atoms with Gasteiger partial charge in [0.2, 0.25) is 0 Å². The van der Waals surface area contributed by atoms with E-state index in [2.05, 4.69) is 24.1 Å². The zero-order valence-corrected chi connectivity index (χ0v) is 20.6. The number of hydrogen-bond acceptors (Lipinski definition) is 4. The molecule has 5 rings (SSSR count). The number of halogens is 2. The summed E-state index contributed by atoms with van der Waals surface area (Å²) < 4.78 is 32.1. The molecule has 0 radical (unpaired) electrons. The van der Waals surface area contributed by atoms with Crippen molar-refractivity contribution < 1.29 is 13.9 Å². The number of aromatic hydroxyl groups is 1. The van der Waals surface area contributed by atoms with E-state index in [-0.39, 0.29) is 28.4 Å². The van der Waals surface area contributed by atoms with Crippen LogP contribution < -0.4 is 15.8 Å². The van der Waals surface area contributed by atoms with E-state index >= 15 is 4.39 Å². The van der Waals surface area contributed by atoms with Gasteiger partial charge in [-0.1, -0.05) is 38.1 Å². The minimum Gasteiger partial charge on any atom is -0.507 e. The molecule has 0 bridgehead atoms. The lowest BCUT2D eigenvalue weighted by atomic mass is 9.96. The number of aromatic nitrogens is 1. The number of fused-ring (bicyclic) bond motifs is 1. The third-order valence-corrected chi connectivity index (χ3v) is 6.92. The Morgan fingerprint density at radius 2 is 1.69 bits per heavy atom. The average Bonchev–Trinajstić information content (AvgIpc) is 2.85. The van der Waals surface area contributed by atoms with Gasteiger partial charge in [-0.3, -0.25) is 9.36 Å². The third kappa shape index (κ3) is 4.03. The van der Waals surface area contributed by atoms with Gasteiger partial charge in [0.25, 0.3) is 5.56 Å². The van der Waals surface area contributed by atoms with Gasteiger partial charge in [0.15, 0.2) is 0 Å². The lowest BCUT2D eigenvalue weighted by Crippen LogP contribution is -2.44. The largest absolute Gasteiger partial charge is 0.507 e. The predicted molar refractivity (Wildman–Crippen MR) is 140 cm³/mol. The number of phenolic OH excluding ortho intramolecular Hbond substituents is 1. The summed E-state index contributed by atoms with van der Waals surface area (Å²) in [5.74, 6) is -1.64. The van der Waals surface area contributed by atoms with Gasteiger partial charge in [-0.15, -0.1) is 0 Å².